The fourth-order valence-electron chi connectivity index (χ4n) is 1.19. The molecular weight excluding hydrogens is 263 g/mol. The highest BCUT2D eigenvalue weighted by Crippen LogP contribution is 2.25. The molecule has 4 nitrogen and oxygen atoms in total. The number of anilines is 1. The normalized spacial score (nSPS) is 11.9. The van der Waals surface area contributed by atoms with Crippen LogP contribution in [0.5, 0.6) is 5.75 Å². The summed E-state index contributed by atoms with van der Waals surface area (Å²) in [5.74, 6) is -0.416. The van der Waals surface area contributed by atoms with Crippen LogP contribution in [-0.4, -0.2) is 18.1 Å². The first-order chi connectivity index (χ1) is 8.55. The van der Waals surface area contributed by atoms with E-state index in [1.54, 1.807) is 20.8 Å². The van der Waals surface area contributed by atoms with E-state index in [4.69, 9.17) is 4.74 Å². The molecule has 1 N–H and O–H groups in total. The standard InChI is InChI=1S/C12H14F3NO3/c1-11(2,3)19-10(17)16-8-5-4-6-9(7-8)18-12(13,14)15/h4-7H,1-3H3,(H,16,17). The van der Waals surface area contributed by atoms with Crippen LogP contribution in [0.1, 0.15) is 20.8 Å². The maximum absolute atomic E-state index is 12.0. The average Bonchev–Trinajstić information content (AvgIpc) is 2.11. The van der Waals surface area contributed by atoms with Crippen molar-refractivity contribution in [3.63, 3.8) is 0 Å². The van der Waals surface area contributed by atoms with Crippen molar-refractivity contribution >= 4 is 11.8 Å². The van der Waals surface area contributed by atoms with Crippen molar-refractivity contribution in [2.45, 2.75) is 32.7 Å². The van der Waals surface area contributed by atoms with Gasteiger partial charge in [-0.25, -0.2) is 4.79 Å². The summed E-state index contributed by atoms with van der Waals surface area (Å²) in [5.41, 5.74) is -0.541. The van der Waals surface area contributed by atoms with Gasteiger partial charge in [0.2, 0.25) is 0 Å². The second kappa shape index (κ2) is 5.38. The summed E-state index contributed by atoms with van der Waals surface area (Å²) in [7, 11) is 0. The lowest BCUT2D eigenvalue weighted by Gasteiger charge is -2.19. The monoisotopic (exact) mass is 277 g/mol. The van der Waals surface area contributed by atoms with Gasteiger partial charge in [0.05, 0.1) is 0 Å². The summed E-state index contributed by atoms with van der Waals surface area (Å²) >= 11 is 0. The Labute approximate surface area is 108 Å². The molecule has 0 aliphatic heterocycles. The van der Waals surface area contributed by atoms with Gasteiger partial charge in [0.25, 0.3) is 0 Å². The van der Waals surface area contributed by atoms with Gasteiger partial charge in [-0.2, -0.15) is 0 Å². The van der Waals surface area contributed by atoms with Gasteiger partial charge in [-0.3, -0.25) is 5.32 Å². The minimum absolute atomic E-state index is 0.149. The van der Waals surface area contributed by atoms with Gasteiger partial charge < -0.3 is 9.47 Å². The van der Waals surface area contributed by atoms with Gasteiger partial charge in [0.1, 0.15) is 11.4 Å². The fraction of sp³-hybridized carbons (Fsp3) is 0.417. The van der Waals surface area contributed by atoms with Crippen LogP contribution in [0.25, 0.3) is 0 Å². The average molecular weight is 277 g/mol. The molecule has 0 fully saturated rings. The van der Waals surface area contributed by atoms with Crippen molar-refractivity contribution in [2.24, 2.45) is 0 Å². The van der Waals surface area contributed by atoms with E-state index in [1.807, 2.05) is 0 Å². The molecule has 106 valence electrons. The van der Waals surface area contributed by atoms with E-state index >= 15 is 0 Å². The Morgan fingerprint density at radius 1 is 1.21 bits per heavy atom. The molecule has 19 heavy (non-hydrogen) atoms. The third-order valence-electron chi connectivity index (χ3n) is 1.71. The number of carbonyl (C=O) groups is 1. The van der Waals surface area contributed by atoms with Crippen LogP contribution in [-0.2, 0) is 4.74 Å². The zero-order valence-corrected chi connectivity index (χ0v) is 10.7. The predicted octanol–water partition coefficient (Wildman–Crippen LogP) is 3.93. The second-order valence-corrected chi connectivity index (χ2v) is 4.70. The van der Waals surface area contributed by atoms with Crippen molar-refractivity contribution in [2.75, 3.05) is 5.32 Å². The number of hydrogen-bond acceptors (Lipinski definition) is 3. The lowest BCUT2D eigenvalue weighted by atomic mass is 10.2. The van der Waals surface area contributed by atoms with Crippen LogP contribution in [0.15, 0.2) is 24.3 Å². The number of alkyl halides is 3. The molecule has 1 rings (SSSR count). The van der Waals surface area contributed by atoms with E-state index in [9.17, 15) is 18.0 Å². The van der Waals surface area contributed by atoms with Gasteiger partial charge in [-0.15, -0.1) is 13.2 Å². The summed E-state index contributed by atoms with van der Waals surface area (Å²) in [6, 6.07) is 4.94. The van der Waals surface area contributed by atoms with Gasteiger partial charge in [0, 0.05) is 11.8 Å². The highest BCUT2D eigenvalue weighted by Gasteiger charge is 2.31. The lowest BCUT2D eigenvalue weighted by molar-refractivity contribution is -0.274. The van der Waals surface area contributed by atoms with Crippen molar-refractivity contribution in [1.82, 2.24) is 0 Å². The van der Waals surface area contributed by atoms with Crippen LogP contribution in [0.4, 0.5) is 23.7 Å². The highest BCUT2D eigenvalue weighted by molar-refractivity contribution is 5.85. The topological polar surface area (TPSA) is 47.6 Å². The summed E-state index contributed by atoms with van der Waals surface area (Å²) in [4.78, 5) is 11.4. The third kappa shape index (κ3) is 6.54. The second-order valence-electron chi connectivity index (χ2n) is 4.70. The van der Waals surface area contributed by atoms with E-state index in [2.05, 4.69) is 10.1 Å². The first-order valence-corrected chi connectivity index (χ1v) is 5.41. The number of halogens is 3. The van der Waals surface area contributed by atoms with Crippen molar-refractivity contribution in [3.05, 3.63) is 24.3 Å². The number of carbonyl (C=O) groups excluding carboxylic acids is 1. The van der Waals surface area contributed by atoms with Gasteiger partial charge >= 0.3 is 12.5 Å². The molecule has 0 saturated carbocycles. The first kappa shape index (κ1) is 15.1. The molecular formula is C12H14F3NO3. The van der Waals surface area contributed by atoms with E-state index in [0.29, 0.717) is 0 Å². The molecule has 1 aromatic rings. The summed E-state index contributed by atoms with van der Waals surface area (Å²) < 4.78 is 44.8. The zero-order valence-electron chi connectivity index (χ0n) is 10.7. The molecule has 1 amide bonds. The smallest absolute Gasteiger partial charge is 0.444 e. The zero-order chi connectivity index (χ0) is 14.7. The van der Waals surface area contributed by atoms with E-state index < -0.39 is 23.8 Å². The Balaban J connectivity index is 2.70. The Bertz CT molecular complexity index is 452. The Morgan fingerprint density at radius 2 is 1.84 bits per heavy atom. The molecule has 0 radical (unpaired) electrons. The number of benzene rings is 1. The number of nitrogens with one attached hydrogen (secondary N) is 1. The molecule has 0 unspecified atom stereocenters. The third-order valence-corrected chi connectivity index (χ3v) is 1.71. The molecule has 7 heteroatoms. The minimum atomic E-state index is -4.77. The van der Waals surface area contributed by atoms with Crippen LogP contribution < -0.4 is 10.1 Å². The van der Waals surface area contributed by atoms with Crippen LogP contribution in [0.3, 0.4) is 0 Å². The molecule has 0 atom stereocenters. The van der Waals surface area contributed by atoms with E-state index in [-0.39, 0.29) is 5.69 Å². The van der Waals surface area contributed by atoms with Crippen LogP contribution in [0.2, 0.25) is 0 Å². The Kier molecular flexibility index (Phi) is 4.28. The molecule has 0 bridgehead atoms. The predicted molar refractivity (Wildman–Crippen MR) is 63.0 cm³/mol. The number of rotatable bonds is 2. The Morgan fingerprint density at radius 3 is 2.37 bits per heavy atom. The van der Waals surface area contributed by atoms with Crippen molar-refractivity contribution in [1.29, 1.82) is 0 Å². The molecule has 0 aliphatic rings. The van der Waals surface area contributed by atoms with Crippen molar-refractivity contribution in [3.8, 4) is 5.75 Å². The van der Waals surface area contributed by atoms with E-state index in [0.717, 1.165) is 12.1 Å². The van der Waals surface area contributed by atoms with Gasteiger partial charge in [-0.1, -0.05) is 6.07 Å². The van der Waals surface area contributed by atoms with Gasteiger partial charge in [0.15, 0.2) is 0 Å². The Hall–Kier alpha value is -1.92. The highest BCUT2D eigenvalue weighted by atomic mass is 19.4. The maximum Gasteiger partial charge on any atom is 0.573 e. The van der Waals surface area contributed by atoms with Crippen LogP contribution in [0, 0.1) is 0 Å². The van der Waals surface area contributed by atoms with Crippen molar-refractivity contribution < 1.29 is 27.4 Å². The SMILES string of the molecule is CC(C)(C)OC(=O)Nc1cccc(OC(F)(F)F)c1. The molecule has 0 heterocycles. The molecule has 0 aliphatic carbocycles. The molecule has 0 saturated heterocycles. The van der Waals surface area contributed by atoms with Crippen LogP contribution >= 0.6 is 0 Å². The van der Waals surface area contributed by atoms with Gasteiger partial charge in [-0.05, 0) is 32.9 Å². The summed E-state index contributed by atoms with van der Waals surface area (Å²) in [5, 5.41) is 2.32. The number of hydrogen-bond donors (Lipinski definition) is 1. The molecule has 0 aromatic heterocycles. The molecule has 1 aromatic carbocycles. The quantitative estimate of drug-likeness (QED) is 0.890. The lowest BCUT2D eigenvalue weighted by Crippen LogP contribution is -2.27. The fourth-order valence-corrected chi connectivity index (χ4v) is 1.19. The maximum atomic E-state index is 12.0. The number of ether oxygens (including phenoxy) is 2. The largest absolute Gasteiger partial charge is 0.573 e. The summed E-state index contributed by atoms with van der Waals surface area (Å²) in [6.45, 7) is 5.03. The number of amides is 1. The first-order valence-electron chi connectivity index (χ1n) is 5.41. The summed E-state index contributed by atoms with van der Waals surface area (Å²) in [6.07, 6.45) is -5.53. The minimum Gasteiger partial charge on any atom is -0.444 e. The molecule has 0 spiro atoms. The van der Waals surface area contributed by atoms with E-state index in [1.165, 1.54) is 12.1 Å².